The van der Waals surface area contributed by atoms with Crippen LogP contribution >= 0.6 is 0 Å². The first kappa shape index (κ1) is 13.1. The van der Waals surface area contributed by atoms with Crippen molar-refractivity contribution in [1.82, 2.24) is 14.9 Å². The first-order chi connectivity index (χ1) is 9.33. The molecule has 1 heterocycles. The summed E-state index contributed by atoms with van der Waals surface area (Å²) in [6.07, 6.45) is 5.70. The Morgan fingerprint density at radius 2 is 2.05 bits per heavy atom. The Labute approximate surface area is 111 Å². The molecule has 0 bridgehead atoms. The number of ether oxygens (including phenoxy) is 2. The van der Waals surface area contributed by atoms with Gasteiger partial charge in [-0.3, -0.25) is 0 Å². The molecule has 6 nitrogen and oxygen atoms in total. The molecule has 2 rings (SSSR count). The first-order valence-corrected chi connectivity index (χ1v) is 6.03. The Balaban J connectivity index is 2.17. The van der Waals surface area contributed by atoms with Crippen molar-refractivity contribution in [3.8, 4) is 11.5 Å². The lowest BCUT2D eigenvalue weighted by Crippen LogP contribution is -1.99. The highest BCUT2D eigenvalue weighted by molar-refractivity contribution is 5.80. The van der Waals surface area contributed by atoms with Crippen molar-refractivity contribution in [2.75, 3.05) is 13.7 Å². The van der Waals surface area contributed by atoms with E-state index in [1.807, 2.05) is 18.2 Å². The Morgan fingerprint density at radius 3 is 2.74 bits per heavy atom. The molecule has 100 valence electrons. The second kappa shape index (κ2) is 6.53. The normalized spacial score (nSPS) is 10.8. The molecular formula is C13H16N4O2. The van der Waals surface area contributed by atoms with E-state index >= 15 is 0 Å². The van der Waals surface area contributed by atoms with Crippen molar-refractivity contribution in [1.29, 1.82) is 0 Å². The van der Waals surface area contributed by atoms with Crippen LogP contribution in [0.25, 0.3) is 0 Å². The van der Waals surface area contributed by atoms with Gasteiger partial charge in [-0.15, -0.1) is 10.2 Å². The van der Waals surface area contributed by atoms with Crippen molar-refractivity contribution >= 4 is 6.21 Å². The second-order valence-corrected chi connectivity index (χ2v) is 3.85. The minimum absolute atomic E-state index is 0.655. The fourth-order valence-electron chi connectivity index (χ4n) is 1.49. The molecule has 0 radical (unpaired) electrons. The van der Waals surface area contributed by atoms with Gasteiger partial charge >= 0.3 is 0 Å². The SMILES string of the molecule is CCCOc1cc(/C=N\n2cnnc2)ccc1OC. The van der Waals surface area contributed by atoms with Crippen LogP contribution in [-0.2, 0) is 0 Å². The summed E-state index contributed by atoms with van der Waals surface area (Å²) in [6.45, 7) is 2.71. The number of aromatic nitrogens is 3. The van der Waals surface area contributed by atoms with E-state index in [0.29, 0.717) is 6.61 Å². The molecule has 0 atom stereocenters. The van der Waals surface area contributed by atoms with Gasteiger partial charge < -0.3 is 9.47 Å². The lowest BCUT2D eigenvalue weighted by molar-refractivity contribution is 0.294. The Bertz CT molecular complexity index is 538. The van der Waals surface area contributed by atoms with E-state index in [9.17, 15) is 0 Å². The average Bonchev–Trinajstić information content (AvgIpc) is 2.96. The summed E-state index contributed by atoms with van der Waals surface area (Å²) in [4.78, 5) is 0. The molecule has 0 saturated heterocycles. The van der Waals surface area contributed by atoms with Gasteiger partial charge in [0.1, 0.15) is 12.7 Å². The van der Waals surface area contributed by atoms with Gasteiger partial charge in [-0.1, -0.05) is 6.92 Å². The van der Waals surface area contributed by atoms with E-state index < -0.39 is 0 Å². The van der Waals surface area contributed by atoms with E-state index in [0.717, 1.165) is 23.5 Å². The van der Waals surface area contributed by atoms with Gasteiger partial charge in [0.2, 0.25) is 0 Å². The van der Waals surface area contributed by atoms with Gasteiger partial charge in [-0.25, -0.2) is 4.68 Å². The molecule has 1 aromatic carbocycles. The van der Waals surface area contributed by atoms with Crippen LogP contribution in [0.15, 0.2) is 36.0 Å². The fourth-order valence-corrected chi connectivity index (χ4v) is 1.49. The van der Waals surface area contributed by atoms with Crippen LogP contribution in [0.3, 0.4) is 0 Å². The third-order valence-electron chi connectivity index (χ3n) is 2.40. The number of hydrogen-bond donors (Lipinski definition) is 0. The molecule has 0 spiro atoms. The van der Waals surface area contributed by atoms with Crippen LogP contribution < -0.4 is 9.47 Å². The molecule has 0 aliphatic heterocycles. The first-order valence-electron chi connectivity index (χ1n) is 6.03. The van der Waals surface area contributed by atoms with Crippen LogP contribution in [0.1, 0.15) is 18.9 Å². The van der Waals surface area contributed by atoms with E-state index in [1.165, 1.54) is 17.3 Å². The summed E-state index contributed by atoms with van der Waals surface area (Å²) in [5, 5.41) is 11.5. The van der Waals surface area contributed by atoms with E-state index in [2.05, 4.69) is 22.2 Å². The third-order valence-corrected chi connectivity index (χ3v) is 2.40. The van der Waals surface area contributed by atoms with Crippen LogP contribution in [0, 0.1) is 0 Å². The average molecular weight is 260 g/mol. The summed E-state index contributed by atoms with van der Waals surface area (Å²) in [5.41, 5.74) is 0.917. The number of hydrogen-bond acceptors (Lipinski definition) is 5. The van der Waals surface area contributed by atoms with Crippen molar-refractivity contribution < 1.29 is 9.47 Å². The maximum Gasteiger partial charge on any atom is 0.161 e. The zero-order chi connectivity index (χ0) is 13.5. The molecule has 0 amide bonds. The van der Waals surface area contributed by atoms with Crippen molar-refractivity contribution in [2.24, 2.45) is 5.10 Å². The molecule has 1 aromatic heterocycles. The Hall–Kier alpha value is -2.37. The summed E-state index contributed by atoms with van der Waals surface area (Å²) < 4.78 is 12.4. The highest BCUT2D eigenvalue weighted by atomic mass is 16.5. The van der Waals surface area contributed by atoms with Gasteiger partial charge in [0.05, 0.1) is 19.9 Å². The zero-order valence-corrected chi connectivity index (χ0v) is 11.0. The number of methoxy groups -OCH3 is 1. The summed E-state index contributed by atoms with van der Waals surface area (Å²) >= 11 is 0. The maximum absolute atomic E-state index is 5.64. The predicted octanol–water partition coefficient (Wildman–Crippen LogP) is 1.96. The molecule has 0 N–H and O–H groups in total. The lowest BCUT2D eigenvalue weighted by Gasteiger charge is -2.10. The van der Waals surface area contributed by atoms with Gasteiger partial charge in [0.25, 0.3) is 0 Å². The molecule has 0 aliphatic carbocycles. The van der Waals surface area contributed by atoms with Crippen LogP contribution in [0.2, 0.25) is 0 Å². The standard InChI is InChI=1S/C13H16N4O2/c1-3-6-19-13-7-11(4-5-12(13)18-2)8-16-17-9-14-15-10-17/h4-5,7-10H,3,6H2,1-2H3/b16-8-. The van der Waals surface area contributed by atoms with E-state index in [4.69, 9.17) is 9.47 Å². The molecule has 0 fully saturated rings. The van der Waals surface area contributed by atoms with Crippen LogP contribution in [-0.4, -0.2) is 34.8 Å². The molecule has 0 unspecified atom stereocenters. The van der Waals surface area contributed by atoms with Crippen molar-refractivity contribution in [3.63, 3.8) is 0 Å². The van der Waals surface area contributed by atoms with Gasteiger partial charge in [0, 0.05) is 0 Å². The van der Waals surface area contributed by atoms with Crippen molar-refractivity contribution in [3.05, 3.63) is 36.4 Å². The van der Waals surface area contributed by atoms with Crippen LogP contribution in [0.5, 0.6) is 11.5 Å². The molecule has 0 aliphatic rings. The zero-order valence-electron chi connectivity index (χ0n) is 11.0. The quantitative estimate of drug-likeness (QED) is 0.745. The molecule has 6 heteroatoms. The van der Waals surface area contributed by atoms with Gasteiger partial charge in [-0.2, -0.15) is 5.10 Å². The Morgan fingerprint density at radius 1 is 1.26 bits per heavy atom. The number of rotatable bonds is 6. The Kier molecular flexibility index (Phi) is 4.49. The van der Waals surface area contributed by atoms with E-state index in [-0.39, 0.29) is 0 Å². The summed E-state index contributed by atoms with van der Waals surface area (Å²) in [5.74, 6) is 1.44. The lowest BCUT2D eigenvalue weighted by atomic mass is 10.2. The topological polar surface area (TPSA) is 61.5 Å². The van der Waals surface area contributed by atoms with Gasteiger partial charge in [0.15, 0.2) is 11.5 Å². The van der Waals surface area contributed by atoms with Gasteiger partial charge in [-0.05, 0) is 30.2 Å². The molecule has 0 saturated carbocycles. The van der Waals surface area contributed by atoms with E-state index in [1.54, 1.807) is 13.3 Å². The maximum atomic E-state index is 5.64. The van der Waals surface area contributed by atoms with Crippen LogP contribution in [0.4, 0.5) is 0 Å². The fraction of sp³-hybridized carbons (Fsp3) is 0.308. The third kappa shape index (κ3) is 3.54. The minimum Gasteiger partial charge on any atom is -0.493 e. The summed E-state index contributed by atoms with van der Waals surface area (Å²) in [7, 11) is 1.62. The largest absolute Gasteiger partial charge is 0.493 e. The monoisotopic (exact) mass is 260 g/mol. The predicted molar refractivity (Wildman–Crippen MR) is 71.8 cm³/mol. The highest BCUT2D eigenvalue weighted by Gasteiger charge is 2.04. The number of nitrogens with zero attached hydrogens (tertiary/aromatic N) is 4. The molecular weight excluding hydrogens is 244 g/mol. The van der Waals surface area contributed by atoms with Crippen molar-refractivity contribution in [2.45, 2.75) is 13.3 Å². The molecule has 19 heavy (non-hydrogen) atoms. The molecule has 2 aromatic rings. The minimum atomic E-state index is 0.655. The number of benzene rings is 1. The highest BCUT2D eigenvalue weighted by Crippen LogP contribution is 2.27. The second-order valence-electron chi connectivity index (χ2n) is 3.85. The summed E-state index contributed by atoms with van der Waals surface area (Å²) in [6, 6.07) is 5.66. The smallest absolute Gasteiger partial charge is 0.161 e.